The van der Waals surface area contributed by atoms with Crippen molar-refractivity contribution in [3.8, 4) is 28.3 Å². The molecule has 1 aromatic carbocycles. The van der Waals surface area contributed by atoms with E-state index in [9.17, 15) is 5.26 Å². The van der Waals surface area contributed by atoms with Crippen LogP contribution in [0.15, 0.2) is 78.3 Å². The van der Waals surface area contributed by atoms with Gasteiger partial charge in [0.15, 0.2) is 0 Å². The van der Waals surface area contributed by atoms with Crippen molar-refractivity contribution in [2.24, 2.45) is 5.73 Å². The third kappa shape index (κ3) is 4.96. The number of piperazine rings is 1. The number of aromatic nitrogens is 4. The number of allylic oxidation sites excluding steroid dienone is 1. The third-order valence-corrected chi connectivity index (χ3v) is 8.72. The van der Waals surface area contributed by atoms with Gasteiger partial charge in [-0.2, -0.15) is 10.4 Å². The second kappa shape index (κ2) is 11.2. The van der Waals surface area contributed by atoms with Crippen LogP contribution in [0.5, 0.6) is 0 Å². The van der Waals surface area contributed by atoms with Crippen molar-refractivity contribution in [1.82, 2.24) is 24.6 Å². The Labute approximate surface area is 239 Å². The molecular formula is C31H32N8S. The number of aryl methyl sites for hydroxylation is 1. The molecule has 9 heteroatoms. The average molecular weight is 549 g/mol. The van der Waals surface area contributed by atoms with Gasteiger partial charge in [-0.15, -0.1) is 11.8 Å². The molecule has 3 aliphatic heterocycles. The molecule has 7 rings (SSSR count). The zero-order valence-electron chi connectivity index (χ0n) is 22.7. The van der Waals surface area contributed by atoms with Gasteiger partial charge in [-0.1, -0.05) is 12.1 Å². The van der Waals surface area contributed by atoms with Crippen LogP contribution in [0.1, 0.15) is 24.6 Å². The van der Waals surface area contributed by atoms with Crippen molar-refractivity contribution in [3.05, 3.63) is 84.7 Å². The largest absolute Gasteiger partial charge is 0.403 e. The summed E-state index contributed by atoms with van der Waals surface area (Å²) in [5, 5.41) is 14.1. The number of piperidine rings is 1. The minimum Gasteiger partial charge on any atom is -0.403 e. The van der Waals surface area contributed by atoms with Crippen LogP contribution < -0.4 is 10.6 Å². The SMILES string of the molecule is CCn1cc(-c2cnc(C(C#N)=CN)c(-c3ccc(N4CC5CC(C4)N5Cc4ccc(SC)cc4)nc3)c2)cn1. The van der Waals surface area contributed by atoms with Crippen molar-refractivity contribution in [2.75, 3.05) is 24.2 Å². The second-order valence-electron chi connectivity index (χ2n) is 10.3. The van der Waals surface area contributed by atoms with Crippen LogP contribution >= 0.6 is 11.8 Å². The van der Waals surface area contributed by atoms with E-state index in [-0.39, 0.29) is 0 Å². The highest BCUT2D eigenvalue weighted by Gasteiger charge is 2.44. The topological polar surface area (TPSA) is 99.9 Å². The zero-order chi connectivity index (χ0) is 27.6. The average Bonchev–Trinajstić information content (AvgIpc) is 3.50. The summed E-state index contributed by atoms with van der Waals surface area (Å²) in [5.41, 5.74) is 11.6. The van der Waals surface area contributed by atoms with Crippen molar-refractivity contribution in [3.63, 3.8) is 0 Å². The van der Waals surface area contributed by atoms with Gasteiger partial charge in [0.05, 0.1) is 17.5 Å². The Kier molecular flexibility index (Phi) is 7.29. The van der Waals surface area contributed by atoms with Crippen LogP contribution in [-0.2, 0) is 13.1 Å². The predicted octanol–water partition coefficient (Wildman–Crippen LogP) is 5.04. The summed E-state index contributed by atoms with van der Waals surface area (Å²) in [4.78, 5) is 15.8. The van der Waals surface area contributed by atoms with E-state index in [1.165, 1.54) is 23.1 Å². The number of benzene rings is 1. The quantitative estimate of drug-likeness (QED) is 0.242. The van der Waals surface area contributed by atoms with Crippen molar-refractivity contribution in [2.45, 2.75) is 43.4 Å². The van der Waals surface area contributed by atoms with Gasteiger partial charge in [-0.25, -0.2) is 4.98 Å². The van der Waals surface area contributed by atoms with Gasteiger partial charge < -0.3 is 10.6 Å². The minimum atomic E-state index is 0.328. The molecule has 6 heterocycles. The molecule has 0 radical (unpaired) electrons. The van der Waals surface area contributed by atoms with E-state index in [4.69, 9.17) is 10.7 Å². The van der Waals surface area contributed by atoms with Crippen molar-refractivity contribution < 1.29 is 0 Å². The first kappa shape index (κ1) is 26.1. The van der Waals surface area contributed by atoms with Gasteiger partial charge in [0.2, 0.25) is 0 Å². The first-order valence-electron chi connectivity index (χ1n) is 13.6. The lowest BCUT2D eigenvalue weighted by Crippen LogP contribution is -2.68. The number of fused-ring (bicyclic) bond motifs is 2. The maximum Gasteiger partial charge on any atom is 0.128 e. The van der Waals surface area contributed by atoms with E-state index >= 15 is 0 Å². The second-order valence-corrected chi connectivity index (χ2v) is 11.2. The Bertz CT molecular complexity index is 1560. The van der Waals surface area contributed by atoms with Crippen LogP contribution in [0.4, 0.5) is 5.82 Å². The van der Waals surface area contributed by atoms with Gasteiger partial charge in [-0.05, 0) is 55.5 Å². The molecule has 40 heavy (non-hydrogen) atoms. The number of anilines is 1. The highest BCUT2D eigenvalue weighted by Crippen LogP contribution is 2.37. The first-order chi connectivity index (χ1) is 19.6. The van der Waals surface area contributed by atoms with E-state index in [0.717, 1.165) is 54.3 Å². The van der Waals surface area contributed by atoms with Gasteiger partial charge in [0.25, 0.3) is 0 Å². The molecular weight excluding hydrogens is 516 g/mol. The standard InChI is InChI=1S/C31H32N8S/c1-3-38-18-25(16-36-38)23-10-29(31(35-15-23)24(12-32)13-33)22-6-9-30(34-14-22)37-19-26-11-27(20-37)39(26)17-21-4-7-28(40-2)8-5-21/h4-10,12,14-16,18,26-27H,3,11,17,19-20,32H2,1-2H3. The lowest BCUT2D eigenvalue weighted by molar-refractivity contribution is -0.00869. The summed E-state index contributed by atoms with van der Waals surface area (Å²) in [6.45, 7) is 5.80. The number of nitriles is 1. The van der Waals surface area contributed by atoms with Crippen molar-refractivity contribution >= 4 is 23.2 Å². The Morgan fingerprint density at radius 2 is 1.82 bits per heavy atom. The molecule has 8 nitrogen and oxygen atoms in total. The van der Waals surface area contributed by atoms with Crippen LogP contribution in [0.2, 0.25) is 0 Å². The zero-order valence-corrected chi connectivity index (χ0v) is 23.6. The van der Waals surface area contributed by atoms with E-state index in [0.29, 0.717) is 23.4 Å². The van der Waals surface area contributed by atoms with Crippen LogP contribution in [0.25, 0.3) is 27.8 Å². The van der Waals surface area contributed by atoms with E-state index < -0.39 is 0 Å². The number of hydrogen-bond donors (Lipinski definition) is 1. The van der Waals surface area contributed by atoms with E-state index in [1.54, 1.807) is 18.0 Å². The summed E-state index contributed by atoms with van der Waals surface area (Å²) < 4.78 is 1.88. The molecule has 2 bridgehead atoms. The summed E-state index contributed by atoms with van der Waals surface area (Å²) >= 11 is 1.78. The molecule has 3 aliphatic rings. The van der Waals surface area contributed by atoms with Gasteiger partial charge in [0.1, 0.15) is 11.9 Å². The molecule has 3 aromatic heterocycles. The first-order valence-corrected chi connectivity index (χ1v) is 14.8. The Balaban J connectivity index is 1.21. The van der Waals surface area contributed by atoms with Crippen molar-refractivity contribution in [1.29, 1.82) is 5.26 Å². The van der Waals surface area contributed by atoms with Crippen LogP contribution in [-0.4, -0.2) is 56.1 Å². The Morgan fingerprint density at radius 1 is 1.05 bits per heavy atom. The molecule has 2 unspecified atom stereocenters. The number of nitrogens with zero attached hydrogens (tertiary/aromatic N) is 7. The number of thioether (sulfide) groups is 1. The minimum absolute atomic E-state index is 0.328. The number of rotatable bonds is 8. The molecule has 0 aliphatic carbocycles. The summed E-state index contributed by atoms with van der Waals surface area (Å²) in [5.74, 6) is 0.979. The molecule has 2 atom stereocenters. The lowest BCUT2D eigenvalue weighted by Gasteiger charge is -2.56. The monoisotopic (exact) mass is 548 g/mol. The van der Waals surface area contributed by atoms with Gasteiger partial charge in [0, 0.05) is 90.2 Å². The summed E-state index contributed by atoms with van der Waals surface area (Å²) in [6.07, 6.45) is 12.1. The maximum absolute atomic E-state index is 9.67. The fourth-order valence-electron chi connectivity index (χ4n) is 5.72. The van der Waals surface area contributed by atoms with Gasteiger partial charge >= 0.3 is 0 Å². The predicted molar refractivity (Wildman–Crippen MR) is 160 cm³/mol. The number of nitrogens with two attached hydrogens (primary N) is 1. The van der Waals surface area contributed by atoms with Crippen LogP contribution in [0, 0.1) is 11.3 Å². The maximum atomic E-state index is 9.67. The third-order valence-electron chi connectivity index (χ3n) is 7.97. The molecule has 3 fully saturated rings. The molecule has 202 valence electrons. The Morgan fingerprint density at radius 3 is 2.45 bits per heavy atom. The Hall–Kier alpha value is -4.13. The highest BCUT2D eigenvalue weighted by atomic mass is 32.2. The summed E-state index contributed by atoms with van der Waals surface area (Å²) in [7, 11) is 0. The molecule has 0 amide bonds. The van der Waals surface area contributed by atoms with Crippen LogP contribution in [0.3, 0.4) is 0 Å². The molecule has 2 N–H and O–H groups in total. The molecule has 0 spiro atoms. The number of hydrogen-bond acceptors (Lipinski definition) is 8. The fourth-order valence-corrected chi connectivity index (χ4v) is 6.13. The summed E-state index contributed by atoms with van der Waals surface area (Å²) in [6, 6.07) is 18.4. The molecule has 0 saturated carbocycles. The fraction of sp³-hybridized carbons (Fsp3) is 0.290. The van der Waals surface area contributed by atoms with E-state index in [1.807, 2.05) is 29.3 Å². The highest BCUT2D eigenvalue weighted by molar-refractivity contribution is 7.98. The van der Waals surface area contributed by atoms with E-state index in [2.05, 4.69) is 75.5 Å². The molecule has 3 saturated heterocycles. The normalized spacial score (nSPS) is 18.8. The molecule has 4 aromatic rings. The number of pyridine rings is 2. The lowest BCUT2D eigenvalue weighted by atomic mass is 9.86. The smallest absolute Gasteiger partial charge is 0.128 e. The van der Waals surface area contributed by atoms with Gasteiger partial charge in [-0.3, -0.25) is 14.6 Å².